The van der Waals surface area contributed by atoms with Crippen molar-refractivity contribution in [3.05, 3.63) is 0 Å². The molecule has 0 aliphatic carbocycles. The van der Waals surface area contributed by atoms with E-state index >= 15 is 0 Å². The number of rotatable bonds is 2. The lowest BCUT2D eigenvalue weighted by Gasteiger charge is -2.31. The number of nitrogens with one attached hydrogen (secondary N) is 1. The molecule has 3 nitrogen and oxygen atoms in total. The first-order chi connectivity index (χ1) is 6.68. The summed E-state index contributed by atoms with van der Waals surface area (Å²) < 4.78 is 11.6. The van der Waals surface area contributed by atoms with Crippen LogP contribution in [0.5, 0.6) is 0 Å². The van der Waals surface area contributed by atoms with E-state index in [4.69, 9.17) is 9.47 Å². The van der Waals surface area contributed by atoms with Crippen LogP contribution >= 0.6 is 0 Å². The summed E-state index contributed by atoms with van der Waals surface area (Å²) in [7, 11) is 0. The maximum absolute atomic E-state index is 5.86. The second kappa shape index (κ2) is 4.17. The van der Waals surface area contributed by atoms with Gasteiger partial charge >= 0.3 is 0 Å². The fraction of sp³-hybridized carbons (Fsp3) is 1.00. The van der Waals surface area contributed by atoms with Gasteiger partial charge in [0.05, 0.1) is 12.2 Å². The van der Waals surface area contributed by atoms with Gasteiger partial charge < -0.3 is 9.47 Å². The molecule has 2 rings (SSSR count). The minimum Gasteiger partial charge on any atom is -0.378 e. The summed E-state index contributed by atoms with van der Waals surface area (Å²) in [6.45, 7) is 6.13. The molecule has 14 heavy (non-hydrogen) atoms. The highest BCUT2D eigenvalue weighted by atomic mass is 16.5. The van der Waals surface area contributed by atoms with Gasteiger partial charge in [0.15, 0.2) is 0 Å². The molecule has 82 valence electrons. The molecule has 2 saturated heterocycles. The minimum absolute atomic E-state index is 0.151. The molecule has 0 aromatic heterocycles. The molecule has 0 amide bonds. The van der Waals surface area contributed by atoms with Crippen LogP contribution in [0.4, 0.5) is 0 Å². The van der Waals surface area contributed by atoms with Gasteiger partial charge in [-0.15, -0.1) is 0 Å². The lowest BCUT2D eigenvalue weighted by atomic mass is 10.0. The van der Waals surface area contributed by atoms with Crippen molar-refractivity contribution in [2.75, 3.05) is 13.2 Å². The second-order valence-corrected chi connectivity index (χ2v) is 4.73. The predicted octanol–water partition coefficient (Wildman–Crippen LogP) is 1.67. The highest BCUT2D eigenvalue weighted by molar-refractivity contribution is 4.85. The first-order valence-corrected chi connectivity index (χ1v) is 5.72. The Hall–Kier alpha value is -0.120. The van der Waals surface area contributed by atoms with Crippen LogP contribution in [0.1, 0.15) is 39.5 Å². The van der Waals surface area contributed by atoms with Crippen LogP contribution in [-0.2, 0) is 9.47 Å². The van der Waals surface area contributed by atoms with Gasteiger partial charge in [-0.1, -0.05) is 0 Å². The normalized spacial score (nSPS) is 44.1. The smallest absolute Gasteiger partial charge is 0.119 e. The quantitative estimate of drug-likeness (QED) is 0.734. The highest BCUT2D eigenvalue weighted by Crippen LogP contribution is 2.26. The summed E-state index contributed by atoms with van der Waals surface area (Å²) in [5, 5.41) is 3.43. The molecule has 2 aliphatic rings. The molecular weight excluding hydrogens is 178 g/mol. The third kappa shape index (κ3) is 2.47. The number of hydrogen-bond acceptors (Lipinski definition) is 3. The van der Waals surface area contributed by atoms with Crippen molar-refractivity contribution in [1.29, 1.82) is 0 Å². The zero-order chi connectivity index (χ0) is 10.0. The molecule has 0 radical (unpaired) electrons. The molecule has 2 aliphatic heterocycles. The first kappa shape index (κ1) is 10.4. The van der Waals surface area contributed by atoms with Crippen molar-refractivity contribution in [3.63, 3.8) is 0 Å². The van der Waals surface area contributed by atoms with Crippen molar-refractivity contribution in [2.45, 2.75) is 57.5 Å². The monoisotopic (exact) mass is 199 g/mol. The average molecular weight is 199 g/mol. The Kier molecular flexibility index (Phi) is 3.10. The van der Waals surface area contributed by atoms with Gasteiger partial charge in [0.25, 0.3) is 0 Å². The van der Waals surface area contributed by atoms with Crippen LogP contribution in [0.25, 0.3) is 0 Å². The van der Waals surface area contributed by atoms with Gasteiger partial charge in [0.1, 0.15) is 5.72 Å². The van der Waals surface area contributed by atoms with Crippen molar-refractivity contribution >= 4 is 0 Å². The molecule has 3 atom stereocenters. The van der Waals surface area contributed by atoms with Crippen LogP contribution in [0.3, 0.4) is 0 Å². The molecule has 2 fully saturated rings. The Labute approximate surface area is 86.2 Å². The van der Waals surface area contributed by atoms with Crippen LogP contribution < -0.4 is 5.32 Å². The Morgan fingerprint density at radius 2 is 2.29 bits per heavy atom. The van der Waals surface area contributed by atoms with Crippen LogP contribution in [0.15, 0.2) is 0 Å². The Morgan fingerprint density at radius 1 is 1.43 bits per heavy atom. The van der Waals surface area contributed by atoms with E-state index in [1.165, 1.54) is 19.3 Å². The lowest BCUT2D eigenvalue weighted by molar-refractivity contribution is -0.0847. The maximum atomic E-state index is 5.86. The fourth-order valence-corrected chi connectivity index (χ4v) is 2.41. The Morgan fingerprint density at radius 3 is 2.86 bits per heavy atom. The molecule has 0 aromatic rings. The van der Waals surface area contributed by atoms with Crippen molar-refractivity contribution < 1.29 is 9.47 Å². The van der Waals surface area contributed by atoms with Gasteiger partial charge in [-0.25, -0.2) is 0 Å². The van der Waals surface area contributed by atoms with E-state index in [-0.39, 0.29) is 5.72 Å². The summed E-state index contributed by atoms with van der Waals surface area (Å²) in [5.74, 6) is 0. The molecule has 0 aromatic carbocycles. The van der Waals surface area contributed by atoms with Crippen molar-refractivity contribution in [2.24, 2.45) is 0 Å². The lowest BCUT2D eigenvalue weighted by Crippen LogP contribution is -2.42. The standard InChI is InChI=1S/C11H21NO2/c1-9-8-12-11(2,14-9)7-10-5-3-4-6-13-10/h9-10,12H,3-8H2,1-2H3. The Bertz CT molecular complexity index is 192. The van der Waals surface area contributed by atoms with Gasteiger partial charge in [-0.05, 0) is 33.1 Å². The molecule has 0 saturated carbocycles. The molecule has 3 unspecified atom stereocenters. The molecule has 2 heterocycles. The number of ether oxygens (including phenoxy) is 2. The van der Waals surface area contributed by atoms with E-state index in [9.17, 15) is 0 Å². The Balaban J connectivity index is 1.83. The largest absolute Gasteiger partial charge is 0.378 e. The van der Waals surface area contributed by atoms with E-state index in [0.29, 0.717) is 12.2 Å². The third-order valence-corrected chi connectivity index (χ3v) is 3.12. The summed E-state index contributed by atoms with van der Waals surface area (Å²) in [5.41, 5.74) is -0.151. The van der Waals surface area contributed by atoms with E-state index in [1.54, 1.807) is 0 Å². The zero-order valence-electron chi connectivity index (χ0n) is 9.21. The first-order valence-electron chi connectivity index (χ1n) is 5.72. The van der Waals surface area contributed by atoms with Gasteiger partial charge in [-0.2, -0.15) is 0 Å². The topological polar surface area (TPSA) is 30.5 Å². The van der Waals surface area contributed by atoms with Crippen LogP contribution in [0.2, 0.25) is 0 Å². The fourth-order valence-electron chi connectivity index (χ4n) is 2.41. The zero-order valence-corrected chi connectivity index (χ0v) is 9.21. The van der Waals surface area contributed by atoms with E-state index in [0.717, 1.165) is 19.6 Å². The second-order valence-electron chi connectivity index (χ2n) is 4.73. The average Bonchev–Trinajstić information content (AvgIpc) is 2.47. The SMILES string of the molecule is CC1CNC(C)(CC2CCCCO2)O1. The predicted molar refractivity (Wildman–Crippen MR) is 55.2 cm³/mol. The summed E-state index contributed by atoms with van der Waals surface area (Å²) in [6.07, 6.45) is 5.43. The minimum atomic E-state index is -0.151. The maximum Gasteiger partial charge on any atom is 0.119 e. The number of hydrogen-bond donors (Lipinski definition) is 1. The van der Waals surface area contributed by atoms with E-state index in [2.05, 4.69) is 19.2 Å². The third-order valence-electron chi connectivity index (χ3n) is 3.12. The van der Waals surface area contributed by atoms with E-state index in [1.807, 2.05) is 0 Å². The summed E-state index contributed by atoms with van der Waals surface area (Å²) >= 11 is 0. The molecular formula is C11H21NO2. The van der Waals surface area contributed by atoms with Gasteiger partial charge in [0.2, 0.25) is 0 Å². The summed E-state index contributed by atoms with van der Waals surface area (Å²) in [4.78, 5) is 0. The molecule has 0 bridgehead atoms. The van der Waals surface area contributed by atoms with E-state index < -0.39 is 0 Å². The molecule has 3 heteroatoms. The summed E-state index contributed by atoms with van der Waals surface area (Å²) in [6, 6.07) is 0. The van der Waals surface area contributed by atoms with Crippen molar-refractivity contribution in [3.8, 4) is 0 Å². The van der Waals surface area contributed by atoms with Gasteiger partial charge in [-0.3, -0.25) is 5.32 Å². The van der Waals surface area contributed by atoms with Gasteiger partial charge in [0, 0.05) is 19.6 Å². The van der Waals surface area contributed by atoms with Crippen molar-refractivity contribution in [1.82, 2.24) is 5.32 Å². The van der Waals surface area contributed by atoms with Crippen LogP contribution in [0, 0.1) is 0 Å². The van der Waals surface area contributed by atoms with Crippen LogP contribution in [-0.4, -0.2) is 31.1 Å². The molecule has 1 N–H and O–H groups in total. The molecule has 0 spiro atoms. The highest BCUT2D eigenvalue weighted by Gasteiger charge is 2.36.